The SMILES string of the molecule is Cn1cc2cc(-c3ccc4nc(N5CC[C@@H](NC6CCC6)C5)ccc4n3)c(O)cc2n1. The van der Waals surface area contributed by atoms with Gasteiger partial charge in [-0.25, -0.2) is 9.97 Å². The van der Waals surface area contributed by atoms with Gasteiger partial charge < -0.3 is 15.3 Å². The summed E-state index contributed by atoms with van der Waals surface area (Å²) in [6, 6.07) is 12.9. The molecule has 1 atom stereocenters. The fourth-order valence-electron chi connectivity index (χ4n) is 4.73. The van der Waals surface area contributed by atoms with Gasteiger partial charge in [0, 0.05) is 55.4 Å². The second-order valence-electron chi connectivity index (χ2n) is 8.86. The largest absolute Gasteiger partial charge is 0.507 e. The van der Waals surface area contributed by atoms with Crippen LogP contribution in [-0.2, 0) is 7.05 Å². The van der Waals surface area contributed by atoms with Crippen LogP contribution in [0.15, 0.2) is 42.6 Å². The lowest BCUT2D eigenvalue weighted by atomic mass is 9.92. The van der Waals surface area contributed by atoms with E-state index in [1.165, 1.54) is 25.7 Å². The zero-order chi connectivity index (χ0) is 20.9. The molecule has 1 aliphatic carbocycles. The second-order valence-corrected chi connectivity index (χ2v) is 8.86. The van der Waals surface area contributed by atoms with Crippen molar-refractivity contribution in [3.05, 3.63) is 42.6 Å². The number of hydrogen-bond donors (Lipinski definition) is 2. The molecule has 7 heteroatoms. The quantitative estimate of drug-likeness (QED) is 0.531. The average Bonchev–Trinajstić information content (AvgIpc) is 3.35. The summed E-state index contributed by atoms with van der Waals surface area (Å²) < 4.78 is 1.75. The van der Waals surface area contributed by atoms with Crippen LogP contribution in [0, 0.1) is 0 Å². The Labute approximate surface area is 180 Å². The zero-order valence-electron chi connectivity index (χ0n) is 17.6. The summed E-state index contributed by atoms with van der Waals surface area (Å²) in [4.78, 5) is 12.0. The number of phenols is 1. The van der Waals surface area contributed by atoms with Crippen LogP contribution in [0.2, 0.25) is 0 Å². The van der Waals surface area contributed by atoms with Crippen LogP contribution >= 0.6 is 0 Å². The van der Waals surface area contributed by atoms with Crippen molar-refractivity contribution >= 4 is 27.8 Å². The van der Waals surface area contributed by atoms with Crippen molar-refractivity contribution in [1.82, 2.24) is 25.1 Å². The molecule has 2 N–H and O–H groups in total. The molecule has 2 fully saturated rings. The topological polar surface area (TPSA) is 79.1 Å². The highest BCUT2D eigenvalue weighted by atomic mass is 16.3. The van der Waals surface area contributed by atoms with Gasteiger partial charge in [-0.05, 0) is 49.6 Å². The molecule has 4 heterocycles. The lowest BCUT2D eigenvalue weighted by Gasteiger charge is -2.30. The van der Waals surface area contributed by atoms with Crippen LogP contribution in [0.3, 0.4) is 0 Å². The van der Waals surface area contributed by atoms with E-state index in [-0.39, 0.29) is 5.75 Å². The molecular formula is C24H26N6O. The van der Waals surface area contributed by atoms with Crippen molar-refractivity contribution in [1.29, 1.82) is 0 Å². The highest BCUT2D eigenvalue weighted by Crippen LogP contribution is 2.33. The van der Waals surface area contributed by atoms with E-state index in [2.05, 4.69) is 21.4 Å². The highest BCUT2D eigenvalue weighted by Gasteiger charge is 2.27. The van der Waals surface area contributed by atoms with Crippen molar-refractivity contribution < 1.29 is 5.11 Å². The Morgan fingerprint density at radius 3 is 2.65 bits per heavy atom. The van der Waals surface area contributed by atoms with Crippen molar-refractivity contribution in [3.63, 3.8) is 0 Å². The maximum absolute atomic E-state index is 10.5. The van der Waals surface area contributed by atoms with Gasteiger partial charge in [-0.3, -0.25) is 4.68 Å². The highest BCUT2D eigenvalue weighted by molar-refractivity contribution is 5.88. The Balaban J connectivity index is 1.27. The second kappa shape index (κ2) is 7.20. The molecule has 1 aromatic carbocycles. The number of fused-ring (bicyclic) bond motifs is 2. The Kier molecular flexibility index (Phi) is 4.31. The van der Waals surface area contributed by atoms with Gasteiger partial charge in [-0.2, -0.15) is 5.10 Å². The fourth-order valence-corrected chi connectivity index (χ4v) is 4.73. The Hall–Kier alpha value is -3.19. The third kappa shape index (κ3) is 3.39. The molecular weight excluding hydrogens is 388 g/mol. The molecule has 1 saturated heterocycles. The number of aromatic nitrogens is 4. The minimum Gasteiger partial charge on any atom is -0.507 e. The molecule has 0 unspecified atom stereocenters. The molecule has 0 radical (unpaired) electrons. The molecule has 7 nitrogen and oxygen atoms in total. The Bertz CT molecular complexity index is 1280. The first-order valence-corrected chi connectivity index (χ1v) is 11.1. The van der Waals surface area contributed by atoms with E-state index >= 15 is 0 Å². The summed E-state index contributed by atoms with van der Waals surface area (Å²) in [7, 11) is 1.88. The maximum Gasteiger partial charge on any atom is 0.129 e. The first kappa shape index (κ1) is 18.6. The number of nitrogens with one attached hydrogen (secondary N) is 1. The van der Waals surface area contributed by atoms with E-state index in [1.54, 1.807) is 10.7 Å². The molecule has 1 aliphatic heterocycles. The minimum atomic E-state index is 0.185. The summed E-state index contributed by atoms with van der Waals surface area (Å²) in [5.74, 6) is 1.20. The lowest BCUT2D eigenvalue weighted by molar-refractivity contribution is 0.311. The first-order chi connectivity index (χ1) is 15.1. The van der Waals surface area contributed by atoms with Crippen LogP contribution < -0.4 is 10.2 Å². The summed E-state index contributed by atoms with van der Waals surface area (Å²) >= 11 is 0. The third-order valence-corrected chi connectivity index (χ3v) is 6.63. The standard InChI is InChI=1S/C24H26N6O/c1-29-13-15-11-18(23(31)12-22(15)28-29)19-5-6-21-20(26-19)7-8-24(27-21)30-10-9-17(14-30)25-16-3-2-4-16/h5-8,11-13,16-17,25,31H,2-4,9-10,14H2,1H3/t17-/m1/s1. The first-order valence-electron chi connectivity index (χ1n) is 11.1. The summed E-state index contributed by atoms with van der Waals surface area (Å²) in [5, 5.41) is 19.6. The smallest absolute Gasteiger partial charge is 0.129 e. The Morgan fingerprint density at radius 1 is 0.968 bits per heavy atom. The number of rotatable bonds is 4. The van der Waals surface area contributed by atoms with Crippen molar-refractivity contribution in [2.75, 3.05) is 18.0 Å². The summed E-state index contributed by atoms with van der Waals surface area (Å²) in [6.07, 6.45) is 7.12. The monoisotopic (exact) mass is 414 g/mol. The number of nitrogens with zero attached hydrogens (tertiary/aromatic N) is 5. The van der Waals surface area contributed by atoms with E-state index in [9.17, 15) is 5.11 Å². The minimum absolute atomic E-state index is 0.185. The van der Waals surface area contributed by atoms with Crippen molar-refractivity contribution in [3.8, 4) is 17.0 Å². The van der Waals surface area contributed by atoms with Crippen LogP contribution in [0.5, 0.6) is 5.75 Å². The molecule has 1 saturated carbocycles. The normalized spacial score (nSPS) is 19.4. The predicted molar refractivity (Wildman–Crippen MR) is 122 cm³/mol. The number of benzene rings is 1. The van der Waals surface area contributed by atoms with Crippen LogP contribution in [-0.4, -0.2) is 50.0 Å². The van der Waals surface area contributed by atoms with Crippen molar-refractivity contribution in [2.45, 2.75) is 37.8 Å². The number of pyridine rings is 2. The molecule has 0 bridgehead atoms. The lowest BCUT2D eigenvalue weighted by Crippen LogP contribution is -2.43. The number of hydrogen-bond acceptors (Lipinski definition) is 6. The van der Waals surface area contributed by atoms with E-state index in [0.717, 1.165) is 52.6 Å². The van der Waals surface area contributed by atoms with E-state index in [4.69, 9.17) is 9.97 Å². The van der Waals surface area contributed by atoms with Crippen LogP contribution in [0.25, 0.3) is 33.2 Å². The van der Waals surface area contributed by atoms with Gasteiger partial charge in [-0.15, -0.1) is 0 Å². The number of aromatic hydroxyl groups is 1. The molecule has 4 aromatic rings. The molecule has 158 valence electrons. The Morgan fingerprint density at radius 2 is 1.81 bits per heavy atom. The zero-order valence-corrected chi connectivity index (χ0v) is 17.6. The van der Waals surface area contributed by atoms with E-state index < -0.39 is 0 Å². The van der Waals surface area contributed by atoms with Gasteiger partial charge in [0.1, 0.15) is 11.6 Å². The number of phenolic OH excluding ortho intramolecular Hbond substituents is 1. The van der Waals surface area contributed by atoms with Crippen LogP contribution in [0.1, 0.15) is 25.7 Å². The molecule has 0 amide bonds. The van der Waals surface area contributed by atoms with Gasteiger partial charge in [0.25, 0.3) is 0 Å². The van der Waals surface area contributed by atoms with Crippen molar-refractivity contribution in [2.24, 2.45) is 7.05 Å². The average molecular weight is 415 g/mol. The summed E-state index contributed by atoms with van der Waals surface area (Å²) in [5.41, 5.74) is 3.91. The van der Waals surface area contributed by atoms with Gasteiger partial charge in [0.05, 0.1) is 22.2 Å². The number of aryl methyl sites for hydroxylation is 1. The predicted octanol–water partition coefficient (Wildman–Crippen LogP) is 3.61. The molecule has 0 spiro atoms. The van der Waals surface area contributed by atoms with Gasteiger partial charge in [0.2, 0.25) is 0 Å². The van der Waals surface area contributed by atoms with E-state index in [0.29, 0.717) is 11.6 Å². The maximum atomic E-state index is 10.5. The summed E-state index contributed by atoms with van der Waals surface area (Å²) in [6.45, 7) is 2.05. The van der Waals surface area contributed by atoms with E-state index in [1.807, 2.05) is 37.5 Å². The van der Waals surface area contributed by atoms with Gasteiger partial charge in [0.15, 0.2) is 0 Å². The molecule has 2 aliphatic rings. The number of anilines is 1. The van der Waals surface area contributed by atoms with Gasteiger partial charge >= 0.3 is 0 Å². The molecule has 3 aromatic heterocycles. The molecule has 6 rings (SSSR count). The van der Waals surface area contributed by atoms with Crippen LogP contribution in [0.4, 0.5) is 5.82 Å². The fraction of sp³-hybridized carbons (Fsp3) is 0.375. The van der Waals surface area contributed by atoms with Gasteiger partial charge in [-0.1, -0.05) is 6.42 Å². The molecule has 31 heavy (non-hydrogen) atoms. The third-order valence-electron chi connectivity index (χ3n) is 6.63.